The highest BCUT2D eigenvalue weighted by Gasteiger charge is 2.16. The summed E-state index contributed by atoms with van der Waals surface area (Å²) < 4.78 is 19.6. The smallest absolute Gasteiger partial charge is 0.268 e. The van der Waals surface area contributed by atoms with Crippen LogP contribution < -0.4 is 15.8 Å². The Bertz CT molecular complexity index is 1050. The molecule has 3 aromatic carbocycles. The second kappa shape index (κ2) is 10.2. The van der Waals surface area contributed by atoms with Gasteiger partial charge < -0.3 is 20.6 Å². The van der Waals surface area contributed by atoms with Gasteiger partial charge in [0.25, 0.3) is 5.91 Å². The lowest BCUT2D eigenvalue weighted by Gasteiger charge is -2.12. The van der Waals surface area contributed by atoms with Gasteiger partial charge in [0.05, 0.1) is 5.69 Å². The van der Waals surface area contributed by atoms with Gasteiger partial charge in [0, 0.05) is 5.56 Å². The van der Waals surface area contributed by atoms with Crippen molar-refractivity contribution in [2.75, 3.05) is 5.32 Å². The number of benzene rings is 3. The van der Waals surface area contributed by atoms with Crippen molar-refractivity contribution in [3.63, 3.8) is 0 Å². The van der Waals surface area contributed by atoms with Crippen molar-refractivity contribution in [1.82, 2.24) is 0 Å². The monoisotopic (exact) mass is 421 g/mol. The van der Waals surface area contributed by atoms with Crippen molar-refractivity contribution < 1.29 is 18.8 Å². The van der Waals surface area contributed by atoms with Gasteiger partial charge in [-0.1, -0.05) is 41.6 Å². The molecule has 0 saturated carbocycles. The Hall–Kier alpha value is -3.87. The minimum absolute atomic E-state index is 0.0779. The molecule has 0 bridgehead atoms. The zero-order valence-corrected chi connectivity index (χ0v) is 17.3. The van der Waals surface area contributed by atoms with Gasteiger partial charge in [-0.25, -0.2) is 4.39 Å². The molecule has 1 atom stereocenters. The Morgan fingerprint density at radius 3 is 2.48 bits per heavy atom. The van der Waals surface area contributed by atoms with Crippen LogP contribution in [0.4, 0.5) is 10.1 Å². The number of amidine groups is 1. The number of hydrogen-bond donors (Lipinski definition) is 2. The number of carbonyl (C=O) groups is 1. The van der Waals surface area contributed by atoms with E-state index < -0.39 is 17.8 Å². The molecule has 0 spiro atoms. The van der Waals surface area contributed by atoms with Crippen LogP contribution in [-0.4, -0.2) is 17.8 Å². The Morgan fingerprint density at radius 2 is 1.81 bits per heavy atom. The molecular formula is C24H24FN3O3. The average molecular weight is 421 g/mol. The van der Waals surface area contributed by atoms with Crippen LogP contribution >= 0.6 is 0 Å². The summed E-state index contributed by atoms with van der Waals surface area (Å²) in [6, 6.07) is 21.4. The minimum Gasteiger partial charge on any atom is -0.489 e. The van der Waals surface area contributed by atoms with Gasteiger partial charge in [0.15, 0.2) is 5.84 Å². The molecule has 0 aliphatic rings. The van der Waals surface area contributed by atoms with E-state index in [-0.39, 0.29) is 11.5 Å². The largest absolute Gasteiger partial charge is 0.489 e. The van der Waals surface area contributed by atoms with E-state index in [2.05, 4.69) is 10.5 Å². The Kier molecular flexibility index (Phi) is 7.22. The fourth-order valence-corrected chi connectivity index (χ4v) is 2.66. The summed E-state index contributed by atoms with van der Waals surface area (Å²) in [7, 11) is 0. The zero-order chi connectivity index (χ0) is 22.2. The number of carbonyl (C=O) groups excluding carboxylic acids is 1. The number of halogens is 1. The molecule has 0 fully saturated rings. The van der Waals surface area contributed by atoms with E-state index in [1.165, 1.54) is 19.1 Å². The molecule has 7 heteroatoms. The molecule has 160 valence electrons. The second-order valence-electron chi connectivity index (χ2n) is 7.00. The number of amides is 1. The van der Waals surface area contributed by atoms with Gasteiger partial charge in [0.1, 0.15) is 18.2 Å². The zero-order valence-electron chi connectivity index (χ0n) is 17.3. The van der Waals surface area contributed by atoms with Gasteiger partial charge in [-0.3, -0.25) is 4.79 Å². The number of oxime groups is 1. The molecule has 0 heterocycles. The maximum Gasteiger partial charge on any atom is 0.268 e. The quantitative estimate of drug-likeness (QED) is 0.321. The van der Waals surface area contributed by atoms with Crippen molar-refractivity contribution in [2.45, 2.75) is 26.6 Å². The number of ether oxygens (including phenoxy) is 1. The molecule has 3 N–H and O–H groups in total. The standard InChI is InChI=1S/C24H24FN3O3/c1-16-8-13-22(21(25)14-16)27-24(29)17(2)31-28-23(26)19-9-11-20(12-10-19)30-15-18-6-4-3-5-7-18/h3-14,17H,15H2,1-2H3,(H2,26,28)(H,27,29)/t17-/m0/s1. The number of aryl methyl sites for hydroxylation is 1. The molecule has 0 saturated heterocycles. The fourth-order valence-electron chi connectivity index (χ4n) is 2.66. The van der Waals surface area contributed by atoms with E-state index in [4.69, 9.17) is 15.3 Å². The van der Waals surface area contributed by atoms with Crippen LogP contribution in [0.3, 0.4) is 0 Å². The molecule has 0 radical (unpaired) electrons. The van der Waals surface area contributed by atoms with E-state index in [1.807, 2.05) is 30.3 Å². The highest BCUT2D eigenvalue weighted by molar-refractivity contribution is 5.97. The number of hydrogen-bond acceptors (Lipinski definition) is 4. The Labute approximate surface area is 180 Å². The first-order valence-corrected chi connectivity index (χ1v) is 9.76. The first-order valence-electron chi connectivity index (χ1n) is 9.76. The summed E-state index contributed by atoms with van der Waals surface area (Å²) in [4.78, 5) is 17.4. The molecule has 1 amide bonds. The van der Waals surface area contributed by atoms with Gasteiger partial charge >= 0.3 is 0 Å². The molecular weight excluding hydrogens is 397 g/mol. The molecule has 6 nitrogen and oxygen atoms in total. The average Bonchev–Trinajstić information content (AvgIpc) is 2.78. The first-order chi connectivity index (χ1) is 14.9. The summed E-state index contributed by atoms with van der Waals surface area (Å²) in [6.07, 6.45) is -0.965. The van der Waals surface area contributed by atoms with Crippen molar-refractivity contribution >= 4 is 17.4 Å². The van der Waals surface area contributed by atoms with E-state index in [1.54, 1.807) is 37.3 Å². The fraction of sp³-hybridized carbons (Fsp3) is 0.167. The Balaban J connectivity index is 1.53. The molecule has 31 heavy (non-hydrogen) atoms. The molecule has 0 aliphatic heterocycles. The predicted molar refractivity (Wildman–Crippen MR) is 118 cm³/mol. The highest BCUT2D eigenvalue weighted by atomic mass is 19.1. The van der Waals surface area contributed by atoms with Crippen LogP contribution in [0.1, 0.15) is 23.6 Å². The topological polar surface area (TPSA) is 85.9 Å². The van der Waals surface area contributed by atoms with E-state index in [0.29, 0.717) is 17.9 Å². The maximum atomic E-state index is 13.9. The number of anilines is 1. The molecule has 0 unspecified atom stereocenters. The second-order valence-corrected chi connectivity index (χ2v) is 7.00. The SMILES string of the molecule is Cc1ccc(NC(=O)[C@H](C)O/N=C(\N)c2ccc(OCc3ccccc3)cc2)c(F)c1. The van der Waals surface area contributed by atoms with Gasteiger partial charge in [0.2, 0.25) is 6.10 Å². The van der Waals surface area contributed by atoms with E-state index >= 15 is 0 Å². The van der Waals surface area contributed by atoms with Crippen LogP contribution in [0.5, 0.6) is 5.75 Å². The lowest BCUT2D eigenvalue weighted by molar-refractivity contribution is -0.126. The van der Waals surface area contributed by atoms with E-state index in [0.717, 1.165) is 11.1 Å². The highest BCUT2D eigenvalue weighted by Crippen LogP contribution is 2.16. The van der Waals surface area contributed by atoms with Crippen LogP contribution in [0.15, 0.2) is 78.0 Å². The van der Waals surface area contributed by atoms with Crippen LogP contribution in [-0.2, 0) is 16.2 Å². The molecule has 3 aromatic rings. The number of nitrogens with two attached hydrogens (primary N) is 1. The first kappa shape index (κ1) is 21.8. The lowest BCUT2D eigenvalue weighted by Crippen LogP contribution is -2.28. The molecule has 3 rings (SSSR count). The van der Waals surface area contributed by atoms with Crippen molar-refractivity contribution in [2.24, 2.45) is 10.9 Å². The molecule has 0 aromatic heterocycles. The third-order valence-electron chi connectivity index (χ3n) is 4.46. The van der Waals surface area contributed by atoms with Crippen molar-refractivity contribution in [3.8, 4) is 5.75 Å². The van der Waals surface area contributed by atoms with Crippen molar-refractivity contribution in [3.05, 3.63) is 95.3 Å². The summed E-state index contributed by atoms with van der Waals surface area (Å²) in [5, 5.41) is 6.29. The van der Waals surface area contributed by atoms with Crippen molar-refractivity contribution in [1.29, 1.82) is 0 Å². The summed E-state index contributed by atoms with van der Waals surface area (Å²) >= 11 is 0. The maximum absolute atomic E-state index is 13.9. The number of rotatable bonds is 8. The van der Waals surface area contributed by atoms with Crippen LogP contribution in [0.2, 0.25) is 0 Å². The Morgan fingerprint density at radius 1 is 1.10 bits per heavy atom. The number of nitrogens with one attached hydrogen (secondary N) is 1. The van der Waals surface area contributed by atoms with Gasteiger partial charge in [-0.2, -0.15) is 0 Å². The normalized spacial score (nSPS) is 12.2. The predicted octanol–water partition coefficient (Wildman–Crippen LogP) is 4.38. The van der Waals surface area contributed by atoms with Crippen LogP contribution in [0.25, 0.3) is 0 Å². The summed E-state index contributed by atoms with van der Waals surface area (Å²) in [5.74, 6) is -0.257. The summed E-state index contributed by atoms with van der Waals surface area (Å²) in [5.41, 5.74) is 8.46. The lowest BCUT2D eigenvalue weighted by atomic mass is 10.2. The number of nitrogens with zero attached hydrogens (tertiary/aromatic N) is 1. The summed E-state index contributed by atoms with van der Waals surface area (Å²) in [6.45, 7) is 3.72. The third-order valence-corrected chi connectivity index (χ3v) is 4.46. The van der Waals surface area contributed by atoms with Gasteiger partial charge in [-0.15, -0.1) is 0 Å². The van der Waals surface area contributed by atoms with E-state index in [9.17, 15) is 9.18 Å². The van der Waals surface area contributed by atoms with Crippen LogP contribution in [0, 0.1) is 12.7 Å². The van der Waals surface area contributed by atoms with Gasteiger partial charge in [-0.05, 0) is 61.4 Å². The third kappa shape index (κ3) is 6.30. The molecule has 0 aliphatic carbocycles. The minimum atomic E-state index is -0.965.